The molecule has 0 fully saturated rings. The van der Waals surface area contributed by atoms with Gasteiger partial charge in [-0.3, -0.25) is 0 Å². The smallest absolute Gasteiger partial charge is 0.143 e. The molecule has 0 amide bonds. The molecule has 3 atom stereocenters. The van der Waals surface area contributed by atoms with Crippen LogP contribution >= 0.6 is 0 Å². The van der Waals surface area contributed by atoms with Gasteiger partial charge in [0.25, 0.3) is 0 Å². The highest BCUT2D eigenvalue weighted by atomic mass is 16.5. The second kappa shape index (κ2) is 21.5. The molecule has 44 heavy (non-hydrogen) atoms. The van der Waals surface area contributed by atoms with Gasteiger partial charge in [-0.25, -0.2) is 0 Å². The summed E-state index contributed by atoms with van der Waals surface area (Å²) in [5, 5.41) is 0. The molecule has 0 aliphatic carbocycles. The van der Waals surface area contributed by atoms with Crippen molar-refractivity contribution in [2.75, 3.05) is 42.9 Å². The Kier molecular flexibility index (Phi) is 21.0. The Morgan fingerprint density at radius 3 is 1.73 bits per heavy atom. The molecule has 5 rings (SSSR count). The Bertz CT molecular complexity index is 1140. The third-order valence-corrected chi connectivity index (χ3v) is 7.94. The van der Waals surface area contributed by atoms with E-state index in [-0.39, 0.29) is 19.1 Å². The molecule has 3 aromatic rings. The number of para-hydroxylation sites is 3. The van der Waals surface area contributed by atoms with E-state index in [1.807, 2.05) is 73.8 Å². The zero-order valence-corrected chi connectivity index (χ0v) is 30.6. The molecule has 0 saturated heterocycles. The van der Waals surface area contributed by atoms with E-state index in [4.69, 9.17) is 4.74 Å². The second-order valence-corrected chi connectivity index (χ2v) is 11.4. The SMILES string of the molecule is C.CC.CC.CC.CC1CC(C)(C)N(C)c2ccccc21.CC1Oc2ccccc2N(C)C1C.Cc1ccc(N(C)C)cc1. The lowest BCUT2D eigenvalue weighted by Crippen LogP contribution is -2.45. The molecule has 0 saturated carbocycles. The van der Waals surface area contributed by atoms with Crippen LogP contribution in [0.2, 0.25) is 0 Å². The van der Waals surface area contributed by atoms with Crippen molar-refractivity contribution in [1.29, 1.82) is 0 Å². The molecule has 4 heteroatoms. The lowest BCUT2D eigenvalue weighted by atomic mass is 9.80. The number of benzene rings is 3. The third kappa shape index (κ3) is 12.1. The number of nitrogens with zero attached hydrogens (tertiary/aromatic N) is 3. The van der Waals surface area contributed by atoms with Crippen molar-refractivity contribution in [2.45, 2.75) is 121 Å². The summed E-state index contributed by atoms with van der Waals surface area (Å²) in [6, 6.07) is 25.8. The van der Waals surface area contributed by atoms with Crippen LogP contribution in [0.3, 0.4) is 0 Å². The van der Waals surface area contributed by atoms with Crippen molar-refractivity contribution in [1.82, 2.24) is 0 Å². The summed E-state index contributed by atoms with van der Waals surface area (Å²) in [5.41, 5.74) is 6.93. The largest absolute Gasteiger partial charge is 0.486 e. The monoisotopic (exact) mass is 608 g/mol. The zero-order valence-electron chi connectivity index (χ0n) is 30.6. The fourth-order valence-electron chi connectivity index (χ4n) is 5.06. The topological polar surface area (TPSA) is 19.0 Å². The Labute approximate surface area is 274 Å². The molecule has 0 radical (unpaired) electrons. The summed E-state index contributed by atoms with van der Waals surface area (Å²) in [6.45, 7) is 25.4. The normalized spacial score (nSPS) is 18.2. The van der Waals surface area contributed by atoms with Crippen LogP contribution in [0.15, 0.2) is 72.8 Å². The van der Waals surface area contributed by atoms with Crippen molar-refractivity contribution in [3.8, 4) is 5.75 Å². The number of rotatable bonds is 1. The highest BCUT2D eigenvalue weighted by Gasteiger charge is 2.33. The molecule has 3 aromatic carbocycles. The summed E-state index contributed by atoms with van der Waals surface area (Å²) in [5.74, 6) is 1.67. The number of anilines is 3. The van der Waals surface area contributed by atoms with Crippen molar-refractivity contribution >= 4 is 17.1 Å². The molecule has 0 aromatic heterocycles. The predicted molar refractivity (Wildman–Crippen MR) is 203 cm³/mol. The first-order valence-electron chi connectivity index (χ1n) is 16.5. The molecule has 2 aliphatic heterocycles. The number of likely N-dealkylation sites (N-methyl/N-ethyl adjacent to an activating group) is 1. The maximum Gasteiger partial charge on any atom is 0.143 e. The van der Waals surface area contributed by atoms with Crippen molar-refractivity contribution < 1.29 is 4.74 Å². The van der Waals surface area contributed by atoms with Crippen LogP contribution in [0.5, 0.6) is 5.75 Å². The van der Waals surface area contributed by atoms with Gasteiger partial charge in [0.15, 0.2) is 0 Å². The van der Waals surface area contributed by atoms with E-state index in [0.717, 1.165) is 5.75 Å². The average Bonchev–Trinajstić information content (AvgIpc) is 3.02. The summed E-state index contributed by atoms with van der Waals surface area (Å²) in [4.78, 5) is 6.77. The van der Waals surface area contributed by atoms with Gasteiger partial charge in [-0.2, -0.15) is 0 Å². The molecule has 0 N–H and O–H groups in total. The van der Waals surface area contributed by atoms with Crippen LogP contribution in [-0.4, -0.2) is 45.9 Å². The molecular formula is C40H69N3O. The van der Waals surface area contributed by atoms with E-state index in [1.165, 1.54) is 34.6 Å². The molecule has 2 aliphatic rings. The van der Waals surface area contributed by atoms with Gasteiger partial charge < -0.3 is 19.4 Å². The standard InChI is InChI=1S/C13H19N.C11H15NO.C9H13N.3C2H6.CH4/c1-10-9-13(2,3)14(4)12-8-6-5-7-11(10)12;1-8-9(2)13-11-7-5-4-6-10(11)12(8)3;1-8-4-6-9(7-5-8)10(2)3;3*1-2;/h5-8,10H,9H2,1-4H3;4-9H,1-3H3;4-7H,1-3H3;3*1-2H3;1H4. The van der Waals surface area contributed by atoms with E-state index in [0.29, 0.717) is 12.0 Å². The Hall–Kier alpha value is -3.14. The molecule has 250 valence electrons. The number of aryl methyl sites for hydroxylation is 1. The van der Waals surface area contributed by atoms with Crippen LogP contribution in [0.25, 0.3) is 0 Å². The Balaban J connectivity index is 0. The maximum absolute atomic E-state index is 5.77. The lowest BCUT2D eigenvalue weighted by Gasteiger charge is -2.45. The van der Waals surface area contributed by atoms with Gasteiger partial charge in [0, 0.05) is 45.1 Å². The van der Waals surface area contributed by atoms with E-state index in [9.17, 15) is 0 Å². The van der Waals surface area contributed by atoms with Gasteiger partial charge in [-0.15, -0.1) is 0 Å². The molecular weight excluding hydrogens is 538 g/mol. The summed E-state index contributed by atoms with van der Waals surface area (Å²) in [7, 11) is 8.41. The van der Waals surface area contributed by atoms with Crippen LogP contribution in [0, 0.1) is 6.92 Å². The predicted octanol–water partition coefficient (Wildman–Crippen LogP) is 11.5. The summed E-state index contributed by atoms with van der Waals surface area (Å²) in [6.07, 6.45) is 1.50. The van der Waals surface area contributed by atoms with Gasteiger partial charge >= 0.3 is 0 Å². The lowest BCUT2D eigenvalue weighted by molar-refractivity contribution is 0.179. The van der Waals surface area contributed by atoms with E-state index >= 15 is 0 Å². The van der Waals surface area contributed by atoms with Crippen molar-refractivity contribution in [2.24, 2.45) is 0 Å². The Morgan fingerprint density at radius 1 is 0.727 bits per heavy atom. The molecule has 2 heterocycles. The zero-order chi connectivity index (χ0) is 33.3. The third-order valence-electron chi connectivity index (χ3n) is 7.94. The first-order valence-corrected chi connectivity index (χ1v) is 16.5. The minimum absolute atomic E-state index is 0. The minimum atomic E-state index is 0. The quantitative estimate of drug-likeness (QED) is 0.274. The van der Waals surface area contributed by atoms with Gasteiger partial charge in [-0.05, 0) is 82.9 Å². The Morgan fingerprint density at radius 2 is 1.20 bits per heavy atom. The minimum Gasteiger partial charge on any atom is -0.486 e. The van der Waals surface area contributed by atoms with E-state index in [1.54, 1.807) is 0 Å². The van der Waals surface area contributed by atoms with Gasteiger partial charge in [0.05, 0.1) is 11.7 Å². The average molecular weight is 608 g/mol. The fourth-order valence-corrected chi connectivity index (χ4v) is 5.06. The first-order chi connectivity index (χ1) is 20.4. The molecule has 0 spiro atoms. The number of fused-ring (bicyclic) bond motifs is 2. The maximum atomic E-state index is 5.77. The highest BCUT2D eigenvalue weighted by molar-refractivity contribution is 5.60. The molecule has 4 nitrogen and oxygen atoms in total. The van der Waals surface area contributed by atoms with Crippen LogP contribution in [0.1, 0.15) is 107 Å². The van der Waals surface area contributed by atoms with Crippen LogP contribution < -0.4 is 19.4 Å². The second-order valence-electron chi connectivity index (χ2n) is 11.4. The highest BCUT2D eigenvalue weighted by Crippen LogP contribution is 2.41. The van der Waals surface area contributed by atoms with Crippen LogP contribution in [0.4, 0.5) is 17.1 Å². The van der Waals surface area contributed by atoms with E-state index in [2.05, 4.69) is 125 Å². The van der Waals surface area contributed by atoms with Gasteiger partial charge in [0.2, 0.25) is 0 Å². The molecule has 3 unspecified atom stereocenters. The van der Waals surface area contributed by atoms with Crippen LogP contribution in [-0.2, 0) is 0 Å². The van der Waals surface area contributed by atoms with E-state index < -0.39 is 0 Å². The van der Waals surface area contributed by atoms with Crippen molar-refractivity contribution in [3.63, 3.8) is 0 Å². The summed E-state index contributed by atoms with van der Waals surface area (Å²) >= 11 is 0. The van der Waals surface area contributed by atoms with Gasteiger partial charge in [0.1, 0.15) is 11.9 Å². The summed E-state index contributed by atoms with van der Waals surface area (Å²) < 4.78 is 5.77. The van der Waals surface area contributed by atoms with Gasteiger partial charge in [-0.1, -0.05) is 104 Å². The number of hydrogen-bond donors (Lipinski definition) is 0. The first kappa shape index (κ1) is 43.0. The molecule has 0 bridgehead atoms. The van der Waals surface area contributed by atoms with Crippen molar-refractivity contribution in [3.05, 3.63) is 83.9 Å². The fraction of sp³-hybridized carbons (Fsp3) is 0.550. The number of hydrogen-bond acceptors (Lipinski definition) is 4. The number of ether oxygens (including phenoxy) is 1.